The summed E-state index contributed by atoms with van der Waals surface area (Å²) in [5.74, 6) is 0.957. The van der Waals surface area contributed by atoms with Crippen molar-refractivity contribution in [2.45, 2.75) is 25.4 Å². The van der Waals surface area contributed by atoms with Crippen molar-refractivity contribution in [2.24, 2.45) is 10.1 Å². The lowest BCUT2D eigenvalue weighted by Gasteiger charge is -2.14. The first-order valence-electron chi connectivity index (χ1n) is 7.20. The van der Waals surface area contributed by atoms with Gasteiger partial charge in [0.05, 0.1) is 23.8 Å². The highest BCUT2D eigenvalue weighted by molar-refractivity contribution is 8.00. The molecule has 2 atom stereocenters. The summed E-state index contributed by atoms with van der Waals surface area (Å²) < 4.78 is 4.94. The quantitative estimate of drug-likeness (QED) is 0.839. The molecule has 7 heteroatoms. The summed E-state index contributed by atoms with van der Waals surface area (Å²) in [6.45, 7) is 4.19. The molecule has 1 aromatic rings. The van der Waals surface area contributed by atoms with Crippen LogP contribution in [0.2, 0.25) is 0 Å². The minimum absolute atomic E-state index is 0.0138. The van der Waals surface area contributed by atoms with Crippen molar-refractivity contribution in [1.82, 2.24) is 5.32 Å². The van der Waals surface area contributed by atoms with Gasteiger partial charge in [-0.05, 0) is 26.0 Å². The van der Waals surface area contributed by atoms with Crippen molar-refractivity contribution >= 4 is 35.0 Å². The summed E-state index contributed by atoms with van der Waals surface area (Å²) in [5.41, 5.74) is 1.81. The second-order valence-electron chi connectivity index (χ2n) is 4.94. The number of nitrogens with zero attached hydrogens (tertiary/aromatic N) is 3. The Balaban J connectivity index is 1.69. The number of rotatable bonds is 5. The third-order valence-corrected chi connectivity index (χ3v) is 4.33. The zero-order valence-corrected chi connectivity index (χ0v) is 13.3. The topological polar surface area (TPSA) is 66.3 Å². The van der Waals surface area contributed by atoms with Crippen LogP contribution in [-0.2, 0) is 9.53 Å². The molecule has 0 fully saturated rings. The van der Waals surface area contributed by atoms with Gasteiger partial charge in [-0.15, -0.1) is 11.8 Å². The number of hydrogen-bond acceptors (Lipinski definition) is 7. The number of amidine groups is 1. The van der Waals surface area contributed by atoms with E-state index < -0.39 is 0 Å². The van der Waals surface area contributed by atoms with Crippen LogP contribution in [0.4, 0.5) is 5.69 Å². The van der Waals surface area contributed by atoms with Gasteiger partial charge < -0.3 is 4.74 Å². The molecule has 2 unspecified atom stereocenters. The smallest absolute Gasteiger partial charge is 0.316 e. The molecule has 2 aliphatic heterocycles. The van der Waals surface area contributed by atoms with Crippen molar-refractivity contribution < 1.29 is 9.53 Å². The van der Waals surface area contributed by atoms with Gasteiger partial charge in [0.2, 0.25) is 0 Å². The Bertz CT molecular complexity index is 617. The fourth-order valence-corrected chi connectivity index (χ4v) is 3.19. The fraction of sp³-hybridized carbons (Fsp3) is 0.400. The van der Waals surface area contributed by atoms with Gasteiger partial charge in [0.15, 0.2) is 11.3 Å². The highest BCUT2D eigenvalue weighted by Gasteiger charge is 2.38. The maximum atomic E-state index is 11.4. The molecule has 1 N–H and O–H groups in total. The Labute approximate surface area is 133 Å². The van der Waals surface area contributed by atoms with E-state index in [0.717, 1.165) is 17.2 Å². The number of para-hydroxylation sites is 1. The van der Waals surface area contributed by atoms with E-state index in [2.05, 4.69) is 15.4 Å². The first kappa shape index (κ1) is 15.1. The lowest BCUT2D eigenvalue weighted by Crippen LogP contribution is -2.39. The predicted molar refractivity (Wildman–Crippen MR) is 89.3 cm³/mol. The number of hydrogen-bond donors (Lipinski definition) is 1. The number of esters is 1. The van der Waals surface area contributed by atoms with E-state index in [1.165, 1.54) is 11.8 Å². The molecule has 116 valence electrons. The van der Waals surface area contributed by atoms with Gasteiger partial charge in [0.1, 0.15) is 6.04 Å². The molecule has 3 rings (SSSR count). The number of nitrogens with one attached hydrogen (secondary N) is 1. The Morgan fingerprint density at radius 1 is 1.41 bits per heavy atom. The number of ether oxygens (including phenoxy) is 1. The summed E-state index contributed by atoms with van der Waals surface area (Å²) in [5, 5.41) is 9.80. The van der Waals surface area contributed by atoms with Crippen molar-refractivity contribution in [1.29, 1.82) is 0 Å². The van der Waals surface area contributed by atoms with E-state index in [1.807, 2.05) is 42.3 Å². The van der Waals surface area contributed by atoms with E-state index in [0.29, 0.717) is 6.61 Å². The molecule has 1 aromatic carbocycles. The molecule has 0 spiro atoms. The van der Waals surface area contributed by atoms with Gasteiger partial charge in [-0.3, -0.25) is 10.1 Å². The highest BCUT2D eigenvalue weighted by Crippen LogP contribution is 2.27. The lowest BCUT2D eigenvalue weighted by molar-refractivity contribution is -0.139. The van der Waals surface area contributed by atoms with Crippen LogP contribution in [0, 0.1) is 0 Å². The average Bonchev–Trinajstić information content (AvgIpc) is 3.07. The number of thioether (sulfide) groups is 1. The molecule has 0 aromatic heterocycles. The molecule has 6 nitrogen and oxygen atoms in total. The summed E-state index contributed by atoms with van der Waals surface area (Å²) in [4.78, 5) is 16.1. The van der Waals surface area contributed by atoms with Gasteiger partial charge in [0, 0.05) is 0 Å². The van der Waals surface area contributed by atoms with Crippen LogP contribution in [0.1, 0.15) is 13.8 Å². The summed E-state index contributed by atoms with van der Waals surface area (Å²) in [7, 11) is 0. The molecule has 0 amide bonds. The van der Waals surface area contributed by atoms with Crippen molar-refractivity contribution in [3.63, 3.8) is 0 Å². The summed E-state index contributed by atoms with van der Waals surface area (Å²) in [6.07, 6.45) is 0. The van der Waals surface area contributed by atoms with E-state index in [-0.39, 0.29) is 23.3 Å². The van der Waals surface area contributed by atoms with Gasteiger partial charge in [-0.25, -0.2) is 10.0 Å². The number of benzene rings is 1. The van der Waals surface area contributed by atoms with Gasteiger partial charge in [-0.2, -0.15) is 5.10 Å². The number of fused-ring (bicyclic) bond motifs is 1. The second kappa shape index (κ2) is 6.50. The Kier molecular flexibility index (Phi) is 4.44. The molecule has 0 saturated carbocycles. The molecule has 0 radical (unpaired) electrons. The van der Waals surface area contributed by atoms with Crippen molar-refractivity contribution in [2.75, 3.05) is 17.4 Å². The van der Waals surface area contributed by atoms with Crippen molar-refractivity contribution in [3.8, 4) is 0 Å². The van der Waals surface area contributed by atoms with Gasteiger partial charge in [0.25, 0.3) is 0 Å². The monoisotopic (exact) mass is 318 g/mol. The first-order chi connectivity index (χ1) is 10.7. The number of hydrazone groups is 1. The van der Waals surface area contributed by atoms with Crippen LogP contribution in [0.3, 0.4) is 0 Å². The molecular formula is C15H18N4O2S. The number of carbonyl (C=O) groups excluding carboxylic acids is 1. The second-order valence-corrected chi connectivity index (χ2v) is 6.01. The number of carbonyl (C=O) groups is 1. The molecule has 0 saturated heterocycles. The van der Waals surface area contributed by atoms with Gasteiger partial charge >= 0.3 is 5.97 Å². The molecule has 2 heterocycles. The Hall–Kier alpha value is -1.86. The maximum absolute atomic E-state index is 11.4. The largest absolute Gasteiger partial charge is 0.465 e. The van der Waals surface area contributed by atoms with Crippen LogP contribution >= 0.6 is 11.8 Å². The SMILES string of the molecule is CCOC(=O)CSC1N=C2C(N1)C(C)=NN2c1ccccc1. The van der Waals surface area contributed by atoms with E-state index in [1.54, 1.807) is 6.92 Å². The highest BCUT2D eigenvalue weighted by atomic mass is 32.2. The number of aliphatic imine (C=N–C) groups is 1. The van der Waals surface area contributed by atoms with E-state index in [9.17, 15) is 4.79 Å². The molecular weight excluding hydrogens is 300 g/mol. The van der Waals surface area contributed by atoms with E-state index >= 15 is 0 Å². The normalized spacial score (nSPS) is 23.1. The minimum Gasteiger partial charge on any atom is -0.465 e. The van der Waals surface area contributed by atoms with Crippen LogP contribution in [0.5, 0.6) is 0 Å². The van der Waals surface area contributed by atoms with Crippen LogP contribution in [-0.4, -0.2) is 41.4 Å². The Morgan fingerprint density at radius 3 is 2.91 bits per heavy atom. The molecule has 22 heavy (non-hydrogen) atoms. The first-order valence-corrected chi connectivity index (χ1v) is 8.25. The average molecular weight is 318 g/mol. The minimum atomic E-state index is -0.211. The standard InChI is InChI=1S/C15H18N4O2S/c1-3-21-12(20)9-22-15-16-13-10(2)18-19(14(13)17-15)11-7-5-4-6-8-11/h4-8,13,15-16H,3,9H2,1-2H3. The molecule has 0 bridgehead atoms. The van der Waals surface area contributed by atoms with Crippen LogP contribution in [0.25, 0.3) is 0 Å². The van der Waals surface area contributed by atoms with Crippen molar-refractivity contribution in [3.05, 3.63) is 30.3 Å². The third-order valence-electron chi connectivity index (χ3n) is 3.37. The maximum Gasteiger partial charge on any atom is 0.316 e. The molecule has 2 aliphatic rings. The molecule has 0 aliphatic carbocycles. The van der Waals surface area contributed by atoms with Crippen LogP contribution < -0.4 is 10.3 Å². The van der Waals surface area contributed by atoms with Crippen LogP contribution in [0.15, 0.2) is 40.4 Å². The van der Waals surface area contributed by atoms with E-state index in [4.69, 9.17) is 4.74 Å². The zero-order valence-electron chi connectivity index (χ0n) is 12.5. The fourth-order valence-electron chi connectivity index (χ4n) is 2.39. The summed E-state index contributed by atoms with van der Waals surface area (Å²) >= 11 is 1.43. The number of anilines is 1. The van der Waals surface area contributed by atoms with Gasteiger partial charge in [-0.1, -0.05) is 18.2 Å². The Morgan fingerprint density at radius 2 is 2.18 bits per heavy atom. The third kappa shape index (κ3) is 3.00. The summed E-state index contributed by atoms with van der Waals surface area (Å²) in [6, 6.07) is 9.94. The zero-order chi connectivity index (χ0) is 15.5. The predicted octanol–water partition coefficient (Wildman–Crippen LogP) is 1.83. The lowest BCUT2D eigenvalue weighted by atomic mass is 10.2.